The van der Waals surface area contributed by atoms with Gasteiger partial charge in [0.05, 0.1) is 21.4 Å². The fourth-order valence-corrected chi connectivity index (χ4v) is 3.85. The number of non-ortho nitro benzene ring substituents is 1. The zero-order valence-corrected chi connectivity index (χ0v) is 19.8. The van der Waals surface area contributed by atoms with Gasteiger partial charge in [-0.25, -0.2) is 0 Å². The number of thioether (sulfide) groups is 1. The number of halogens is 1. The highest BCUT2D eigenvalue weighted by Gasteiger charge is 2.17. The summed E-state index contributed by atoms with van der Waals surface area (Å²) in [5.74, 6) is 1.68. The predicted molar refractivity (Wildman–Crippen MR) is 128 cm³/mol. The van der Waals surface area contributed by atoms with Crippen LogP contribution in [0.4, 0.5) is 11.4 Å². The van der Waals surface area contributed by atoms with Gasteiger partial charge in [0, 0.05) is 18.7 Å². The number of carbonyl (C=O) groups is 1. The summed E-state index contributed by atoms with van der Waals surface area (Å²) in [5, 5.41) is 22.7. The van der Waals surface area contributed by atoms with E-state index in [4.69, 9.17) is 16.3 Å². The van der Waals surface area contributed by atoms with Gasteiger partial charge in [-0.15, -0.1) is 10.2 Å². The molecule has 1 N–H and O–H groups in total. The van der Waals surface area contributed by atoms with Gasteiger partial charge >= 0.3 is 0 Å². The topological polar surface area (TPSA) is 112 Å². The van der Waals surface area contributed by atoms with Crippen molar-refractivity contribution in [3.05, 3.63) is 69.5 Å². The number of para-hydroxylation sites is 1. The molecule has 9 nitrogen and oxygen atoms in total. The quantitative estimate of drug-likeness (QED) is 0.224. The Morgan fingerprint density at radius 1 is 1.24 bits per heavy atom. The maximum absolute atomic E-state index is 12.4. The third kappa shape index (κ3) is 7.19. The summed E-state index contributed by atoms with van der Waals surface area (Å²) >= 11 is 7.31. The number of nitro groups is 1. The second-order valence-corrected chi connectivity index (χ2v) is 8.94. The number of anilines is 1. The van der Waals surface area contributed by atoms with E-state index in [1.165, 1.54) is 30.0 Å². The van der Waals surface area contributed by atoms with Crippen LogP contribution in [-0.2, 0) is 17.9 Å². The fourth-order valence-electron chi connectivity index (χ4n) is 2.84. The minimum atomic E-state index is -0.545. The Kier molecular flexibility index (Phi) is 8.67. The number of amides is 1. The lowest BCUT2D eigenvalue weighted by molar-refractivity contribution is -0.384. The molecule has 11 heteroatoms. The molecule has 1 amide bonds. The number of carbonyl (C=O) groups excluding carboxylic acids is 1. The van der Waals surface area contributed by atoms with E-state index in [0.29, 0.717) is 29.1 Å². The minimum absolute atomic E-state index is 0.0761. The Labute approximate surface area is 200 Å². The van der Waals surface area contributed by atoms with E-state index in [1.54, 1.807) is 0 Å². The molecule has 0 saturated heterocycles. The monoisotopic (exact) mass is 489 g/mol. The van der Waals surface area contributed by atoms with Crippen LogP contribution in [0.25, 0.3) is 0 Å². The van der Waals surface area contributed by atoms with Gasteiger partial charge in [0.15, 0.2) is 11.0 Å². The molecule has 0 aliphatic heterocycles. The van der Waals surface area contributed by atoms with Crippen LogP contribution in [0.1, 0.15) is 26.1 Å². The van der Waals surface area contributed by atoms with E-state index >= 15 is 0 Å². The summed E-state index contributed by atoms with van der Waals surface area (Å²) in [7, 11) is 0. The summed E-state index contributed by atoms with van der Waals surface area (Å²) in [6.45, 7) is 5.24. The molecule has 0 spiro atoms. The molecule has 0 unspecified atom stereocenters. The van der Waals surface area contributed by atoms with Crippen molar-refractivity contribution in [2.45, 2.75) is 38.6 Å². The van der Waals surface area contributed by atoms with Crippen molar-refractivity contribution < 1.29 is 14.5 Å². The minimum Gasteiger partial charge on any atom is -0.486 e. The standard InChI is InChI=1S/C22H24ClN5O4S/c1-15(2)10-11-27-20(13-32-17-6-4-3-5-7-17)25-26-22(27)33-14-21(29)24-19-9-8-16(28(30)31)12-18(19)23/h3-9,12,15H,10-11,13-14H2,1-2H3,(H,24,29). The number of hydrogen-bond acceptors (Lipinski definition) is 7. The van der Waals surface area contributed by atoms with Crippen molar-refractivity contribution in [3.63, 3.8) is 0 Å². The molecule has 33 heavy (non-hydrogen) atoms. The molecule has 0 bridgehead atoms. The third-order valence-corrected chi connectivity index (χ3v) is 5.88. The van der Waals surface area contributed by atoms with Crippen molar-refractivity contribution in [3.8, 4) is 5.75 Å². The molecule has 1 aromatic heterocycles. The van der Waals surface area contributed by atoms with E-state index in [1.807, 2.05) is 34.9 Å². The van der Waals surface area contributed by atoms with Crippen LogP contribution in [0, 0.1) is 16.0 Å². The average Bonchev–Trinajstić information content (AvgIpc) is 3.18. The first-order valence-electron chi connectivity index (χ1n) is 10.3. The zero-order valence-electron chi connectivity index (χ0n) is 18.2. The zero-order chi connectivity index (χ0) is 23.8. The van der Waals surface area contributed by atoms with Crippen LogP contribution in [0.15, 0.2) is 53.7 Å². The lowest BCUT2D eigenvalue weighted by Gasteiger charge is -2.12. The highest BCUT2D eigenvalue weighted by molar-refractivity contribution is 7.99. The van der Waals surface area contributed by atoms with Crippen molar-refractivity contribution in [2.75, 3.05) is 11.1 Å². The van der Waals surface area contributed by atoms with Gasteiger partial charge < -0.3 is 14.6 Å². The molecule has 2 aromatic carbocycles. The second kappa shape index (κ2) is 11.7. The van der Waals surface area contributed by atoms with Crippen molar-refractivity contribution in [1.29, 1.82) is 0 Å². The molecule has 0 radical (unpaired) electrons. The highest BCUT2D eigenvalue weighted by atomic mass is 35.5. The Morgan fingerprint density at radius 2 is 2.00 bits per heavy atom. The summed E-state index contributed by atoms with van der Waals surface area (Å²) in [6, 6.07) is 13.4. The predicted octanol–water partition coefficient (Wildman–Crippen LogP) is 5.20. The van der Waals surface area contributed by atoms with E-state index < -0.39 is 4.92 Å². The molecule has 0 aliphatic carbocycles. The van der Waals surface area contributed by atoms with E-state index in [2.05, 4.69) is 29.4 Å². The fraction of sp³-hybridized carbons (Fsp3) is 0.318. The van der Waals surface area contributed by atoms with Crippen LogP contribution in [0.5, 0.6) is 5.75 Å². The van der Waals surface area contributed by atoms with Crippen LogP contribution in [-0.4, -0.2) is 31.3 Å². The van der Waals surface area contributed by atoms with Gasteiger partial charge in [-0.05, 0) is 30.5 Å². The number of aromatic nitrogens is 3. The summed E-state index contributed by atoms with van der Waals surface area (Å²) in [5.41, 5.74) is 0.168. The molecule has 0 saturated carbocycles. The smallest absolute Gasteiger partial charge is 0.271 e. The van der Waals surface area contributed by atoms with Crippen LogP contribution in [0.2, 0.25) is 5.02 Å². The number of nitro benzene ring substituents is 1. The van der Waals surface area contributed by atoms with E-state index in [-0.39, 0.29) is 29.0 Å². The molecule has 3 aromatic rings. The third-order valence-electron chi connectivity index (χ3n) is 4.60. The van der Waals surface area contributed by atoms with E-state index in [0.717, 1.165) is 12.2 Å². The van der Waals surface area contributed by atoms with Crippen molar-refractivity contribution in [2.24, 2.45) is 5.92 Å². The largest absolute Gasteiger partial charge is 0.486 e. The Bertz CT molecular complexity index is 1110. The molecule has 1 heterocycles. The molecule has 0 fully saturated rings. The average molecular weight is 490 g/mol. The molecule has 174 valence electrons. The number of benzene rings is 2. The van der Waals surface area contributed by atoms with Crippen molar-refractivity contribution in [1.82, 2.24) is 14.8 Å². The van der Waals surface area contributed by atoms with Gasteiger partial charge in [-0.2, -0.15) is 0 Å². The lowest BCUT2D eigenvalue weighted by atomic mass is 10.1. The van der Waals surface area contributed by atoms with Crippen LogP contribution in [0.3, 0.4) is 0 Å². The normalized spacial score (nSPS) is 10.9. The maximum Gasteiger partial charge on any atom is 0.271 e. The Balaban J connectivity index is 1.64. The van der Waals surface area contributed by atoms with Gasteiger partial charge in [0.1, 0.15) is 12.4 Å². The molecular weight excluding hydrogens is 466 g/mol. The maximum atomic E-state index is 12.4. The Morgan fingerprint density at radius 3 is 2.67 bits per heavy atom. The second-order valence-electron chi connectivity index (χ2n) is 7.59. The SMILES string of the molecule is CC(C)CCn1c(COc2ccccc2)nnc1SCC(=O)Nc1ccc([N+](=O)[O-])cc1Cl. The van der Waals surface area contributed by atoms with E-state index in [9.17, 15) is 14.9 Å². The molecule has 0 aliphatic rings. The lowest BCUT2D eigenvalue weighted by Crippen LogP contribution is -2.15. The first kappa shape index (κ1) is 24.5. The summed E-state index contributed by atoms with van der Waals surface area (Å²) in [6.07, 6.45) is 0.925. The highest BCUT2D eigenvalue weighted by Crippen LogP contribution is 2.27. The number of nitrogens with zero attached hydrogens (tertiary/aromatic N) is 4. The number of nitrogens with one attached hydrogen (secondary N) is 1. The first-order chi connectivity index (χ1) is 15.8. The van der Waals surface area contributed by atoms with Crippen LogP contribution < -0.4 is 10.1 Å². The number of ether oxygens (including phenoxy) is 1. The van der Waals surface area contributed by atoms with Gasteiger partial charge in [-0.1, -0.05) is 55.4 Å². The molecule has 3 rings (SSSR count). The number of rotatable bonds is 11. The van der Waals surface area contributed by atoms with Gasteiger partial charge in [-0.3, -0.25) is 14.9 Å². The summed E-state index contributed by atoms with van der Waals surface area (Å²) < 4.78 is 7.79. The van der Waals surface area contributed by atoms with Crippen molar-refractivity contribution >= 4 is 40.6 Å². The first-order valence-corrected chi connectivity index (χ1v) is 11.7. The number of hydrogen-bond donors (Lipinski definition) is 1. The van der Waals surface area contributed by atoms with Gasteiger partial charge in [0.25, 0.3) is 5.69 Å². The van der Waals surface area contributed by atoms with Gasteiger partial charge in [0.2, 0.25) is 5.91 Å². The molecular formula is C22H24ClN5O4S. The molecule has 0 atom stereocenters. The summed E-state index contributed by atoms with van der Waals surface area (Å²) in [4.78, 5) is 22.7. The van der Waals surface area contributed by atoms with Crippen LogP contribution >= 0.6 is 23.4 Å². The Hall–Kier alpha value is -3.11.